The lowest BCUT2D eigenvalue weighted by Gasteiger charge is -2.43. The minimum atomic E-state index is -1.42. The molecule has 6 fully saturated rings. The number of benzene rings is 2. The number of ether oxygens (including phenoxy) is 12. The first-order valence-electron chi connectivity index (χ1n) is 17.0. The van der Waals surface area contributed by atoms with E-state index in [4.69, 9.17) is 56.8 Å². The lowest BCUT2D eigenvalue weighted by molar-refractivity contribution is -0.325. The molecule has 14 nitrogen and oxygen atoms in total. The van der Waals surface area contributed by atoms with Gasteiger partial charge in [0, 0.05) is 0 Å². The van der Waals surface area contributed by atoms with Crippen LogP contribution in [0.1, 0.15) is 76.1 Å². The highest BCUT2D eigenvalue weighted by Crippen LogP contribution is 2.47. The average Bonchev–Trinajstić information content (AvgIpc) is 3.74. The molecular formula is C36H44O14. The van der Waals surface area contributed by atoms with Gasteiger partial charge in [-0.05, 0) is 78.3 Å². The van der Waals surface area contributed by atoms with Crippen LogP contribution in [0.25, 0.3) is 10.8 Å². The van der Waals surface area contributed by atoms with Crippen molar-refractivity contribution in [3.8, 4) is 0 Å². The Hall–Kier alpha value is -2.76. The van der Waals surface area contributed by atoms with Crippen LogP contribution in [0.4, 0.5) is 0 Å². The topological polar surface area (TPSA) is 145 Å². The second-order valence-corrected chi connectivity index (χ2v) is 15.5. The van der Waals surface area contributed by atoms with Crippen LogP contribution < -0.4 is 0 Å². The Morgan fingerprint density at radius 1 is 0.560 bits per heavy atom. The minimum absolute atomic E-state index is 0.0164. The van der Waals surface area contributed by atoms with Gasteiger partial charge >= 0.3 is 11.9 Å². The Morgan fingerprint density at radius 3 is 1.32 bits per heavy atom. The molecule has 0 aromatic heterocycles. The van der Waals surface area contributed by atoms with E-state index in [-0.39, 0.29) is 37.6 Å². The van der Waals surface area contributed by atoms with E-state index >= 15 is 0 Å². The first kappa shape index (κ1) is 34.3. The van der Waals surface area contributed by atoms with Crippen LogP contribution in [0.2, 0.25) is 0 Å². The van der Waals surface area contributed by atoms with Crippen LogP contribution in [0, 0.1) is 0 Å². The molecule has 14 heteroatoms. The van der Waals surface area contributed by atoms with E-state index in [9.17, 15) is 9.59 Å². The third-order valence-electron chi connectivity index (χ3n) is 9.80. The van der Waals surface area contributed by atoms with Gasteiger partial charge in [-0.25, -0.2) is 9.59 Å². The third-order valence-corrected chi connectivity index (χ3v) is 9.80. The molecule has 6 heterocycles. The van der Waals surface area contributed by atoms with Gasteiger partial charge in [-0.1, -0.05) is 24.3 Å². The van der Waals surface area contributed by atoms with E-state index in [1.54, 1.807) is 79.7 Å². The van der Waals surface area contributed by atoms with Crippen molar-refractivity contribution in [1.82, 2.24) is 0 Å². The highest BCUT2D eigenvalue weighted by molar-refractivity contribution is 6.11. The SMILES string of the molecule is CC1(C)O[C@@H]2[C@@H](CO[C@]3(COC(C)(C)O3)[C@H]2OC(=O)c2ccc(C(=O)O[C@H]3[C@@H]4OC(C)(C)O[C@@H]4CO[C@]34COC(C)(C)O4)c3ccccc23)O1. The summed E-state index contributed by atoms with van der Waals surface area (Å²) in [6, 6.07) is 10.1. The molecule has 0 saturated carbocycles. The standard InChI is InChI=1S/C36H44O14/c1-31(2)41-17-35(49-31)27(25-23(15-39-35)45-33(5,6)47-25)43-29(37)21-13-14-22(20-12-10-9-11-19(20)21)30(38)44-28-26-24(46-34(7,8)48-26)16-40-36(28)18-42-32(3,4)50-36/h9-14,23-28H,15-18H2,1-8H3/t23-,24-,25-,26-,27+,28+,35+,36+/m1/s1. The molecule has 6 saturated heterocycles. The molecule has 0 amide bonds. The van der Waals surface area contributed by atoms with Crippen molar-refractivity contribution in [2.24, 2.45) is 0 Å². The predicted molar refractivity (Wildman–Crippen MR) is 170 cm³/mol. The maximum absolute atomic E-state index is 14.1. The fraction of sp³-hybridized carbons (Fsp3) is 0.667. The molecule has 0 aliphatic carbocycles. The Morgan fingerprint density at radius 2 is 0.960 bits per heavy atom. The summed E-state index contributed by atoms with van der Waals surface area (Å²) in [6.45, 7) is 14.6. The quantitative estimate of drug-likeness (QED) is 0.425. The normalized spacial score (nSPS) is 39.0. The van der Waals surface area contributed by atoms with E-state index in [0.717, 1.165) is 0 Å². The first-order chi connectivity index (χ1) is 23.4. The summed E-state index contributed by atoms with van der Waals surface area (Å²) in [5.41, 5.74) is 0.429. The lowest BCUT2D eigenvalue weighted by Crippen LogP contribution is -2.63. The lowest BCUT2D eigenvalue weighted by atomic mass is 9.95. The first-order valence-corrected chi connectivity index (χ1v) is 17.0. The summed E-state index contributed by atoms with van der Waals surface area (Å²) in [5, 5.41) is 0.940. The second-order valence-electron chi connectivity index (χ2n) is 15.5. The molecule has 2 spiro atoms. The van der Waals surface area contributed by atoms with Crippen molar-refractivity contribution in [3.63, 3.8) is 0 Å². The summed E-state index contributed by atoms with van der Waals surface area (Å²) in [7, 11) is 0. The predicted octanol–water partition coefficient (Wildman–Crippen LogP) is 3.95. The molecular weight excluding hydrogens is 656 g/mol. The number of fused-ring (bicyclic) bond motifs is 3. The van der Waals surface area contributed by atoms with Gasteiger partial charge in [-0.15, -0.1) is 0 Å². The Kier molecular flexibility index (Phi) is 7.81. The van der Waals surface area contributed by atoms with Gasteiger partial charge < -0.3 is 56.8 Å². The molecule has 6 aliphatic heterocycles. The summed E-state index contributed by atoms with van der Waals surface area (Å²) < 4.78 is 73.7. The summed E-state index contributed by atoms with van der Waals surface area (Å²) in [5.74, 6) is -8.01. The molecule has 0 unspecified atom stereocenters. The minimum Gasteiger partial charge on any atom is -0.450 e. The van der Waals surface area contributed by atoms with Crippen molar-refractivity contribution in [1.29, 1.82) is 0 Å². The van der Waals surface area contributed by atoms with Crippen LogP contribution in [-0.2, 0) is 56.8 Å². The van der Waals surface area contributed by atoms with Crippen molar-refractivity contribution in [2.45, 2.75) is 127 Å². The molecule has 6 aliphatic rings. The summed E-state index contributed by atoms with van der Waals surface area (Å²) in [6.07, 6.45) is -4.44. The van der Waals surface area contributed by atoms with E-state index in [1.807, 2.05) is 0 Å². The van der Waals surface area contributed by atoms with E-state index < -0.39 is 83.3 Å². The largest absolute Gasteiger partial charge is 0.450 e. The van der Waals surface area contributed by atoms with Gasteiger partial charge in [0.15, 0.2) is 35.4 Å². The number of rotatable bonds is 4. The Balaban J connectivity index is 1.10. The molecule has 2 aromatic rings. The monoisotopic (exact) mass is 700 g/mol. The van der Waals surface area contributed by atoms with Gasteiger partial charge in [0.05, 0.1) is 24.3 Å². The van der Waals surface area contributed by atoms with Crippen LogP contribution in [0.5, 0.6) is 0 Å². The van der Waals surface area contributed by atoms with E-state index in [0.29, 0.717) is 10.8 Å². The molecule has 2 aromatic carbocycles. The zero-order valence-electron chi connectivity index (χ0n) is 29.5. The van der Waals surface area contributed by atoms with Gasteiger partial charge in [-0.3, -0.25) is 0 Å². The highest BCUT2D eigenvalue weighted by atomic mass is 16.9. The number of esters is 2. The number of carbonyl (C=O) groups is 2. The van der Waals surface area contributed by atoms with Crippen molar-refractivity contribution in [3.05, 3.63) is 47.5 Å². The van der Waals surface area contributed by atoms with Gasteiger partial charge in [-0.2, -0.15) is 0 Å². The number of hydrogen-bond acceptors (Lipinski definition) is 14. The third kappa shape index (κ3) is 5.83. The smallest absolute Gasteiger partial charge is 0.339 e. The van der Waals surface area contributed by atoms with E-state index in [2.05, 4.69) is 0 Å². The fourth-order valence-electron chi connectivity index (χ4n) is 7.86. The summed E-state index contributed by atoms with van der Waals surface area (Å²) >= 11 is 0. The zero-order valence-corrected chi connectivity index (χ0v) is 29.5. The number of carbonyl (C=O) groups excluding carboxylic acids is 2. The van der Waals surface area contributed by atoms with Gasteiger partial charge in [0.2, 0.25) is 11.6 Å². The van der Waals surface area contributed by atoms with Crippen LogP contribution in [0.3, 0.4) is 0 Å². The van der Waals surface area contributed by atoms with Crippen LogP contribution in [-0.4, -0.2) is 110 Å². The van der Waals surface area contributed by atoms with Crippen LogP contribution in [0.15, 0.2) is 36.4 Å². The second kappa shape index (κ2) is 11.4. The zero-order chi connectivity index (χ0) is 35.5. The van der Waals surface area contributed by atoms with Gasteiger partial charge in [0.25, 0.3) is 0 Å². The molecule has 0 N–H and O–H groups in total. The Labute approximate surface area is 289 Å². The molecule has 0 radical (unpaired) electrons. The van der Waals surface area contributed by atoms with Gasteiger partial charge in [0.1, 0.15) is 37.6 Å². The number of hydrogen-bond donors (Lipinski definition) is 0. The van der Waals surface area contributed by atoms with Crippen molar-refractivity contribution in [2.75, 3.05) is 26.4 Å². The maximum atomic E-state index is 14.1. The molecule has 0 bridgehead atoms. The van der Waals surface area contributed by atoms with Crippen LogP contribution >= 0.6 is 0 Å². The maximum Gasteiger partial charge on any atom is 0.339 e. The average molecular weight is 701 g/mol. The highest BCUT2D eigenvalue weighted by Gasteiger charge is 2.66. The molecule has 8 rings (SSSR count). The summed E-state index contributed by atoms with van der Waals surface area (Å²) in [4.78, 5) is 28.3. The van der Waals surface area contributed by atoms with Crippen molar-refractivity contribution >= 4 is 22.7 Å². The molecule has 50 heavy (non-hydrogen) atoms. The molecule has 272 valence electrons. The Bertz CT molecular complexity index is 1580. The van der Waals surface area contributed by atoms with Crippen molar-refractivity contribution < 1.29 is 66.4 Å². The fourth-order valence-corrected chi connectivity index (χ4v) is 7.86. The molecule has 8 atom stereocenters. The van der Waals surface area contributed by atoms with E-state index in [1.165, 1.54) is 12.1 Å².